The summed E-state index contributed by atoms with van der Waals surface area (Å²) in [6, 6.07) is 7.27. The van der Waals surface area contributed by atoms with Crippen LogP contribution in [0.4, 0.5) is 0 Å². The molecular weight excluding hydrogens is 312 g/mol. The normalized spacial score (nSPS) is 10.9. The fraction of sp³-hybridized carbons (Fsp3) is 0.0769. The van der Waals surface area contributed by atoms with Crippen molar-refractivity contribution in [2.24, 2.45) is 0 Å². The Morgan fingerprint density at radius 3 is 3.05 bits per heavy atom. The predicted octanol–water partition coefficient (Wildman–Crippen LogP) is 2.65. The molecule has 0 radical (unpaired) electrons. The topological polar surface area (TPSA) is 80.9 Å². The maximum Gasteiger partial charge on any atom is 0.313 e. The number of nitrogens with zero attached hydrogens (tertiary/aromatic N) is 4. The highest BCUT2D eigenvalue weighted by molar-refractivity contribution is 7.99. The number of pyridine rings is 1. The number of hydrogen-bond acceptors (Lipinski definition) is 5. The number of benzene rings is 1. The van der Waals surface area contributed by atoms with Gasteiger partial charge in [0, 0.05) is 11.6 Å². The number of carbonyl (C=O) groups is 1. The molecule has 0 unspecified atom stereocenters. The summed E-state index contributed by atoms with van der Waals surface area (Å²) in [5.74, 6) is -0.994. The summed E-state index contributed by atoms with van der Waals surface area (Å²) in [5, 5.41) is 18.5. The molecule has 0 atom stereocenters. The molecule has 3 rings (SSSR count). The van der Waals surface area contributed by atoms with Crippen LogP contribution in [0.15, 0.2) is 41.9 Å². The van der Waals surface area contributed by atoms with Gasteiger partial charge in [-0.1, -0.05) is 23.4 Å². The molecule has 0 saturated heterocycles. The van der Waals surface area contributed by atoms with E-state index < -0.39 is 5.97 Å². The summed E-state index contributed by atoms with van der Waals surface area (Å²) in [7, 11) is 0. The Kier molecular flexibility index (Phi) is 3.76. The van der Waals surface area contributed by atoms with Gasteiger partial charge in [0.2, 0.25) is 0 Å². The number of aromatic nitrogens is 4. The van der Waals surface area contributed by atoms with Crippen LogP contribution in [-0.2, 0) is 4.79 Å². The van der Waals surface area contributed by atoms with E-state index in [1.54, 1.807) is 16.8 Å². The molecule has 0 bridgehead atoms. The number of hydrogen-bond donors (Lipinski definition) is 1. The molecule has 2 heterocycles. The molecule has 0 aliphatic heterocycles. The Morgan fingerprint density at radius 1 is 1.38 bits per heavy atom. The Labute approximate surface area is 128 Å². The highest BCUT2D eigenvalue weighted by Crippen LogP contribution is 2.29. The van der Waals surface area contributed by atoms with E-state index in [9.17, 15) is 4.79 Å². The summed E-state index contributed by atoms with van der Waals surface area (Å²) < 4.78 is 1.71. The third-order valence-corrected chi connectivity index (χ3v) is 4.05. The van der Waals surface area contributed by atoms with E-state index in [1.165, 1.54) is 6.33 Å². The number of aliphatic carboxylic acids is 1. The second-order valence-corrected chi connectivity index (χ2v) is 5.48. The maximum absolute atomic E-state index is 10.7. The van der Waals surface area contributed by atoms with Crippen molar-refractivity contribution < 1.29 is 9.90 Å². The number of fused-ring (bicyclic) bond motifs is 1. The third kappa shape index (κ3) is 2.70. The highest BCUT2D eigenvalue weighted by atomic mass is 35.5. The van der Waals surface area contributed by atoms with E-state index in [0.717, 1.165) is 22.8 Å². The van der Waals surface area contributed by atoms with Crippen LogP contribution in [0.2, 0.25) is 5.02 Å². The van der Waals surface area contributed by atoms with Crippen molar-refractivity contribution in [2.75, 3.05) is 5.75 Å². The van der Waals surface area contributed by atoms with Gasteiger partial charge < -0.3 is 5.11 Å². The van der Waals surface area contributed by atoms with Crippen LogP contribution >= 0.6 is 23.4 Å². The van der Waals surface area contributed by atoms with Crippen LogP contribution in [0.1, 0.15) is 0 Å². The smallest absolute Gasteiger partial charge is 0.313 e. The lowest BCUT2D eigenvalue weighted by atomic mass is 10.2. The second-order valence-electron chi connectivity index (χ2n) is 4.13. The first-order valence-corrected chi connectivity index (χ1v) is 7.31. The number of rotatable bonds is 4. The van der Waals surface area contributed by atoms with Crippen molar-refractivity contribution in [2.45, 2.75) is 5.16 Å². The van der Waals surface area contributed by atoms with Crippen LogP contribution in [0.5, 0.6) is 0 Å². The first-order valence-electron chi connectivity index (χ1n) is 5.95. The average molecular weight is 321 g/mol. The lowest BCUT2D eigenvalue weighted by molar-refractivity contribution is -0.133. The first-order chi connectivity index (χ1) is 10.2. The molecule has 0 fully saturated rings. The predicted molar refractivity (Wildman–Crippen MR) is 80.0 cm³/mol. The molecule has 3 aromatic rings. The van der Waals surface area contributed by atoms with Crippen molar-refractivity contribution >= 4 is 40.2 Å². The molecule has 1 N–H and O–H groups in total. The third-order valence-electron chi connectivity index (χ3n) is 2.80. The van der Waals surface area contributed by atoms with Crippen LogP contribution < -0.4 is 0 Å². The second kappa shape index (κ2) is 5.71. The fourth-order valence-electron chi connectivity index (χ4n) is 1.93. The molecule has 21 heavy (non-hydrogen) atoms. The lowest BCUT2D eigenvalue weighted by Crippen LogP contribution is -2.02. The molecule has 0 amide bonds. The molecule has 0 saturated carbocycles. The summed E-state index contributed by atoms with van der Waals surface area (Å²) in [5.41, 5.74) is 1.47. The van der Waals surface area contributed by atoms with E-state index in [4.69, 9.17) is 16.7 Å². The van der Waals surface area contributed by atoms with Crippen molar-refractivity contribution in [3.63, 3.8) is 0 Å². The van der Waals surface area contributed by atoms with Crippen molar-refractivity contribution in [1.82, 2.24) is 19.7 Å². The van der Waals surface area contributed by atoms with Gasteiger partial charge in [-0.05, 0) is 24.3 Å². The van der Waals surface area contributed by atoms with E-state index in [0.29, 0.717) is 15.7 Å². The van der Waals surface area contributed by atoms with Crippen molar-refractivity contribution in [3.8, 4) is 5.69 Å². The van der Waals surface area contributed by atoms with E-state index in [1.807, 2.05) is 18.2 Å². The van der Waals surface area contributed by atoms with Crippen molar-refractivity contribution in [3.05, 3.63) is 41.8 Å². The average Bonchev–Trinajstić information content (AvgIpc) is 2.94. The van der Waals surface area contributed by atoms with Gasteiger partial charge in [0.15, 0.2) is 5.16 Å². The number of carboxylic acid groups (broad SMARTS) is 1. The minimum absolute atomic E-state index is 0.0857. The quantitative estimate of drug-likeness (QED) is 0.744. The number of carboxylic acids is 1. The van der Waals surface area contributed by atoms with Gasteiger partial charge in [0.1, 0.15) is 6.33 Å². The monoisotopic (exact) mass is 320 g/mol. The van der Waals surface area contributed by atoms with E-state index >= 15 is 0 Å². The number of thioether (sulfide) groups is 1. The van der Waals surface area contributed by atoms with Crippen LogP contribution in [0.3, 0.4) is 0 Å². The molecule has 106 valence electrons. The van der Waals surface area contributed by atoms with Gasteiger partial charge in [-0.3, -0.25) is 14.3 Å². The summed E-state index contributed by atoms with van der Waals surface area (Å²) in [6.45, 7) is 0. The molecule has 0 spiro atoms. The molecule has 0 aliphatic rings. The zero-order valence-electron chi connectivity index (χ0n) is 10.6. The Bertz CT molecular complexity index is 821. The van der Waals surface area contributed by atoms with Gasteiger partial charge in [-0.25, -0.2) is 0 Å². The van der Waals surface area contributed by atoms with Gasteiger partial charge in [-0.15, -0.1) is 10.2 Å². The minimum Gasteiger partial charge on any atom is -0.481 e. The zero-order valence-corrected chi connectivity index (χ0v) is 12.2. The summed E-state index contributed by atoms with van der Waals surface area (Å²) >= 11 is 7.27. The van der Waals surface area contributed by atoms with Gasteiger partial charge in [0.05, 0.1) is 22.0 Å². The fourth-order valence-corrected chi connectivity index (χ4v) is 2.79. The zero-order chi connectivity index (χ0) is 14.8. The van der Waals surface area contributed by atoms with Crippen LogP contribution in [-0.4, -0.2) is 36.6 Å². The van der Waals surface area contributed by atoms with Gasteiger partial charge in [0.25, 0.3) is 0 Å². The molecule has 8 heteroatoms. The van der Waals surface area contributed by atoms with Gasteiger partial charge in [-0.2, -0.15) is 0 Å². The van der Waals surface area contributed by atoms with Crippen molar-refractivity contribution in [1.29, 1.82) is 0 Å². The van der Waals surface area contributed by atoms with Gasteiger partial charge >= 0.3 is 5.97 Å². The Morgan fingerprint density at radius 2 is 2.24 bits per heavy atom. The van der Waals surface area contributed by atoms with E-state index in [-0.39, 0.29) is 5.75 Å². The minimum atomic E-state index is -0.909. The van der Waals surface area contributed by atoms with Crippen LogP contribution in [0, 0.1) is 0 Å². The van der Waals surface area contributed by atoms with E-state index in [2.05, 4.69) is 15.2 Å². The molecular formula is C13H9ClN4O2S. The lowest BCUT2D eigenvalue weighted by Gasteiger charge is -2.09. The first kappa shape index (κ1) is 13.8. The SMILES string of the molecule is O=C(O)CSc1nncn1-c1ccc(Cl)c2cccnc12. The summed E-state index contributed by atoms with van der Waals surface area (Å²) in [6.07, 6.45) is 3.21. The standard InChI is InChI=1S/C13H9ClN4O2S/c14-9-3-4-10(12-8(9)2-1-5-15-12)18-7-16-17-13(18)21-6-11(19)20/h1-5,7H,6H2,(H,19,20). The largest absolute Gasteiger partial charge is 0.481 e. The van der Waals surface area contributed by atoms with Crippen LogP contribution in [0.25, 0.3) is 16.6 Å². The summed E-state index contributed by atoms with van der Waals surface area (Å²) in [4.78, 5) is 15.0. The molecule has 1 aromatic carbocycles. The number of halogens is 1. The Balaban J connectivity index is 2.11. The molecule has 6 nitrogen and oxygen atoms in total. The molecule has 0 aliphatic carbocycles. The molecule has 2 aromatic heterocycles. The maximum atomic E-state index is 10.7. The highest BCUT2D eigenvalue weighted by Gasteiger charge is 2.13. The Hall–Kier alpha value is -2.12.